The molecule has 3 aromatic rings. The van der Waals surface area contributed by atoms with E-state index in [1.165, 1.54) is 48.6 Å². The molecule has 0 amide bonds. The molecule has 1 N–H and O–H groups in total. The second kappa shape index (κ2) is 8.33. The summed E-state index contributed by atoms with van der Waals surface area (Å²) < 4.78 is 51.7. The zero-order chi connectivity index (χ0) is 24.8. The van der Waals surface area contributed by atoms with Gasteiger partial charge in [-0.1, -0.05) is 66.7 Å². The van der Waals surface area contributed by atoms with Crippen LogP contribution in [0.3, 0.4) is 0 Å². The van der Waals surface area contributed by atoms with E-state index >= 15 is 0 Å². The summed E-state index contributed by atoms with van der Waals surface area (Å²) in [4.78, 5) is 12.1. The molecule has 0 fully saturated rings. The van der Waals surface area contributed by atoms with E-state index < -0.39 is 25.5 Å². The van der Waals surface area contributed by atoms with Crippen LogP contribution >= 0.6 is 0 Å². The van der Waals surface area contributed by atoms with Gasteiger partial charge >= 0.3 is 0 Å². The molecule has 3 aromatic carbocycles. The maximum absolute atomic E-state index is 12.9. The molecule has 5 rings (SSSR count). The first-order valence-corrected chi connectivity index (χ1v) is 13.5. The monoisotopic (exact) mass is 502 g/mol. The van der Waals surface area contributed by atoms with Gasteiger partial charge < -0.3 is 5.11 Å². The predicted octanol–water partition coefficient (Wildman–Crippen LogP) is 4.89. The quantitative estimate of drug-likeness (QED) is 0.402. The zero-order valence-electron chi connectivity index (χ0n) is 18.1. The number of sulfone groups is 2. The first-order valence-electron chi connectivity index (χ1n) is 10.5. The molecule has 0 unspecified atom stereocenters. The molecule has 174 valence electrons. The van der Waals surface area contributed by atoms with Crippen molar-refractivity contribution in [2.24, 2.45) is 0 Å². The summed E-state index contributed by atoms with van der Waals surface area (Å²) in [6, 6.07) is 21.1. The Hall–Kier alpha value is -4.01. The van der Waals surface area contributed by atoms with Crippen molar-refractivity contribution < 1.29 is 26.7 Å². The first-order chi connectivity index (χ1) is 16.7. The molecule has 0 saturated heterocycles. The minimum Gasteiger partial charge on any atom is -0.506 e. The molecular formula is C27H18O6S2. The number of Topliss-reactive ketones (excluding diaryl/α,β-unsaturated/α-hetero) is 1. The Morgan fingerprint density at radius 1 is 0.714 bits per heavy atom. The molecule has 0 bridgehead atoms. The molecule has 0 radical (unpaired) electrons. The van der Waals surface area contributed by atoms with Gasteiger partial charge in [0.15, 0.2) is 0 Å². The maximum Gasteiger partial charge on any atom is 0.211 e. The van der Waals surface area contributed by atoms with Crippen LogP contribution in [-0.2, 0) is 19.7 Å². The molecule has 0 aromatic heterocycles. The van der Waals surface area contributed by atoms with E-state index in [9.17, 15) is 26.7 Å². The zero-order valence-corrected chi connectivity index (χ0v) is 19.8. The highest BCUT2D eigenvalue weighted by molar-refractivity contribution is 7.97. The minimum atomic E-state index is -3.97. The Balaban J connectivity index is 1.61. The molecule has 0 saturated carbocycles. The van der Waals surface area contributed by atoms with Gasteiger partial charge in [0, 0.05) is 11.1 Å². The lowest BCUT2D eigenvalue weighted by Crippen LogP contribution is -2.01. The number of aliphatic hydroxyl groups excluding tert-OH is 1. The predicted molar refractivity (Wildman–Crippen MR) is 133 cm³/mol. The highest BCUT2D eigenvalue weighted by atomic mass is 32.2. The van der Waals surface area contributed by atoms with Crippen molar-refractivity contribution in [3.8, 4) is 0 Å². The van der Waals surface area contributed by atoms with E-state index in [1.807, 2.05) is 0 Å². The van der Waals surface area contributed by atoms with Gasteiger partial charge in [0.2, 0.25) is 25.5 Å². The Bertz CT molecular complexity index is 1720. The second-order valence-electron chi connectivity index (χ2n) is 7.89. The summed E-state index contributed by atoms with van der Waals surface area (Å²) in [6.07, 6.45) is 5.44. The van der Waals surface area contributed by atoms with E-state index in [1.54, 1.807) is 54.6 Å². The lowest BCUT2D eigenvalue weighted by molar-refractivity contribution is 0.104. The minimum absolute atomic E-state index is 0.0184. The molecule has 8 heteroatoms. The Morgan fingerprint density at radius 3 is 1.91 bits per heavy atom. The molecule has 0 spiro atoms. The van der Waals surface area contributed by atoms with E-state index in [0.717, 1.165) is 0 Å². The number of carbonyl (C=O) groups excluding carboxylic acids is 1. The summed E-state index contributed by atoms with van der Waals surface area (Å²) in [5.41, 5.74) is 1.45. The van der Waals surface area contributed by atoms with Gasteiger partial charge in [-0.2, -0.15) is 0 Å². The summed E-state index contributed by atoms with van der Waals surface area (Å²) >= 11 is 0. The molecule has 35 heavy (non-hydrogen) atoms. The van der Waals surface area contributed by atoms with Crippen molar-refractivity contribution in [3.05, 3.63) is 130 Å². The molecule has 2 heterocycles. The van der Waals surface area contributed by atoms with Crippen LogP contribution in [0.1, 0.15) is 21.5 Å². The molecular weight excluding hydrogens is 484 g/mol. The van der Waals surface area contributed by atoms with Gasteiger partial charge in [-0.3, -0.25) is 4.79 Å². The van der Waals surface area contributed by atoms with Crippen molar-refractivity contribution in [2.75, 3.05) is 0 Å². The van der Waals surface area contributed by atoms with E-state index in [-0.39, 0.29) is 36.5 Å². The van der Waals surface area contributed by atoms with Crippen molar-refractivity contribution in [2.45, 2.75) is 9.79 Å². The van der Waals surface area contributed by atoms with Gasteiger partial charge in [-0.15, -0.1) is 0 Å². The molecule has 2 aliphatic heterocycles. The molecule has 0 aliphatic carbocycles. The summed E-state index contributed by atoms with van der Waals surface area (Å²) in [6.45, 7) is 0. The number of ketones is 1. The largest absolute Gasteiger partial charge is 0.506 e. The number of benzene rings is 3. The average molecular weight is 503 g/mol. The van der Waals surface area contributed by atoms with E-state index in [2.05, 4.69) is 0 Å². The first kappa shape index (κ1) is 22.8. The fourth-order valence-corrected chi connectivity index (χ4v) is 7.19. The van der Waals surface area contributed by atoms with Crippen molar-refractivity contribution >= 4 is 36.8 Å². The van der Waals surface area contributed by atoms with E-state index in [4.69, 9.17) is 0 Å². The number of hydrogen-bond acceptors (Lipinski definition) is 6. The Morgan fingerprint density at radius 2 is 1.29 bits per heavy atom. The third-order valence-electron chi connectivity index (χ3n) is 5.82. The van der Waals surface area contributed by atoms with E-state index in [0.29, 0.717) is 11.1 Å². The van der Waals surface area contributed by atoms with Gasteiger partial charge in [-0.05, 0) is 47.6 Å². The highest BCUT2D eigenvalue weighted by Crippen LogP contribution is 2.39. The van der Waals surface area contributed by atoms with Crippen LogP contribution < -0.4 is 0 Å². The summed E-state index contributed by atoms with van der Waals surface area (Å²) in [5.74, 6) is -0.950. The smallest absolute Gasteiger partial charge is 0.211 e. The molecule has 2 aliphatic rings. The fourth-order valence-electron chi connectivity index (χ4n) is 4.08. The Kier molecular flexibility index (Phi) is 5.42. The number of carbonyl (C=O) groups is 1. The number of hydrogen-bond donors (Lipinski definition) is 1. The van der Waals surface area contributed by atoms with Gasteiger partial charge in [0.05, 0.1) is 9.79 Å². The normalized spacial score (nSPS) is 19.4. The van der Waals surface area contributed by atoms with Crippen LogP contribution in [0.15, 0.2) is 123 Å². The lowest BCUT2D eigenvalue weighted by atomic mass is 10.0. The SMILES string of the molecule is O=C1\C(=C/C=C(\C=C\C2=C(O)c3ccccc3S2(=O)=O)c2ccccc2)S(=O)(=O)c2ccccc21. The third kappa shape index (κ3) is 3.67. The van der Waals surface area contributed by atoms with Crippen LogP contribution in [-0.4, -0.2) is 27.7 Å². The maximum atomic E-state index is 12.9. The van der Waals surface area contributed by atoms with Crippen LogP contribution in [0.4, 0.5) is 0 Å². The second-order valence-corrected chi connectivity index (χ2v) is 11.7. The van der Waals surface area contributed by atoms with Crippen molar-refractivity contribution in [3.63, 3.8) is 0 Å². The highest BCUT2D eigenvalue weighted by Gasteiger charge is 2.38. The fraction of sp³-hybridized carbons (Fsp3) is 0. The topological polar surface area (TPSA) is 106 Å². The van der Waals surface area contributed by atoms with Crippen LogP contribution in [0.5, 0.6) is 0 Å². The molecule has 6 nitrogen and oxygen atoms in total. The van der Waals surface area contributed by atoms with Crippen LogP contribution in [0.25, 0.3) is 11.3 Å². The lowest BCUT2D eigenvalue weighted by Gasteiger charge is -2.03. The summed E-state index contributed by atoms with van der Waals surface area (Å²) in [7, 11) is -7.89. The number of allylic oxidation sites excluding steroid dienone is 6. The van der Waals surface area contributed by atoms with Gasteiger partial charge in [0.1, 0.15) is 15.6 Å². The average Bonchev–Trinajstić information content (AvgIpc) is 3.18. The molecule has 0 atom stereocenters. The van der Waals surface area contributed by atoms with Gasteiger partial charge in [-0.25, -0.2) is 16.8 Å². The van der Waals surface area contributed by atoms with Crippen molar-refractivity contribution in [1.29, 1.82) is 0 Å². The van der Waals surface area contributed by atoms with Crippen LogP contribution in [0.2, 0.25) is 0 Å². The Labute approximate surface area is 202 Å². The standard InChI is InChI=1S/C27H18O6S2/c28-26-20-10-4-6-12-22(20)34(30,31)24(26)16-14-19(18-8-2-1-3-9-18)15-17-25-27(29)21-11-5-7-13-23(21)35(25,32)33/h1-17,28H/b16-14+,19-15+,25-17+. The third-order valence-corrected chi connectivity index (χ3v) is 9.50. The summed E-state index contributed by atoms with van der Waals surface area (Å²) in [5, 5.41) is 10.6. The number of aliphatic hydroxyl groups is 1. The number of fused-ring (bicyclic) bond motifs is 2. The van der Waals surface area contributed by atoms with Crippen molar-refractivity contribution in [1.82, 2.24) is 0 Å². The number of rotatable bonds is 4. The van der Waals surface area contributed by atoms with Crippen LogP contribution in [0, 0.1) is 0 Å². The van der Waals surface area contributed by atoms with Gasteiger partial charge in [0.25, 0.3) is 0 Å².